The second kappa shape index (κ2) is 7.20. The second-order valence-corrected chi connectivity index (χ2v) is 8.14. The second-order valence-electron chi connectivity index (χ2n) is 6.21. The summed E-state index contributed by atoms with van der Waals surface area (Å²) < 4.78 is 28.7. The highest BCUT2D eigenvalue weighted by Gasteiger charge is 2.36. The summed E-state index contributed by atoms with van der Waals surface area (Å²) in [6, 6.07) is 0. The summed E-state index contributed by atoms with van der Waals surface area (Å²) in [7, 11) is -1.25. The Morgan fingerprint density at radius 1 is 1.05 bits per heavy atom. The first-order valence-corrected chi connectivity index (χ1v) is 9.37. The Labute approximate surface area is 123 Å². The molecule has 0 spiro atoms. The van der Waals surface area contributed by atoms with Crippen molar-refractivity contribution in [1.29, 1.82) is 0 Å². The molecule has 20 heavy (non-hydrogen) atoms. The first-order chi connectivity index (χ1) is 9.57. The Morgan fingerprint density at radius 2 is 1.65 bits per heavy atom. The molecular weight excluding hydrogens is 274 g/mol. The molecule has 0 aromatic carbocycles. The molecule has 2 heterocycles. The topological polar surface area (TPSA) is 52.7 Å². The highest BCUT2D eigenvalue weighted by Crippen LogP contribution is 2.27. The molecular formula is C14H29N3O2S. The largest absolute Gasteiger partial charge is 0.319 e. The van der Waals surface area contributed by atoms with E-state index in [1.54, 1.807) is 8.61 Å². The molecule has 1 N–H and O–H groups in total. The lowest BCUT2D eigenvalue weighted by Gasteiger charge is -2.33. The highest BCUT2D eigenvalue weighted by molar-refractivity contribution is 7.86. The normalized spacial score (nSPS) is 27.2. The third-order valence-electron chi connectivity index (χ3n) is 4.66. The Hall–Kier alpha value is -0.170. The molecule has 6 heteroatoms. The Balaban J connectivity index is 1.88. The van der Waals surface area contributed by atoms with Crippen LogP contribution in [-0.2, 0) is 10.2 Å². The van der Waals surface area contributed by atoms with Crippen molar-refractivity contribution in [3.05, 3.63) is 0 Å². The van der Waals surface area contributed by atoms with E-state index < -0.39 is 10.2 Å². The SMILES string of the molecule is CCCC1CCN(S(=O)(=O)N2CCC(CNC)CC2)C1. The van der Waals surface area contributed by atoms with Gasteiger partial charge in [0, 0.05) is 26.2 Å². The summed E-state index contributed by atoms with van der Waals surface area (Å²) in [4.78, 5) is 0. The van der Waals surface area contributed by atoms with Gasteiger partial charge in [-0.15, -0.1) is 0 Å². The molecule has 118 valence electrons. The predicted molar refractivity (Wildman–Crippen MR) is 81.7 cm³/mol. The van der Waals surface area contributed by atoms with Gasteiger partial charge in [0.15, 0.2) is 0 Å². The number of rotatable bonds is 6. The van der Waals surface area contributed by atoms with Crippen LogP contribution >= 0.6 is 0 Å². The Kier molecular flexibility index (Phi) is 5.84. The van der Waals surface area contributed by atoms with Gasteiger partial charge in [-0.3, -0.25) is 0 Å². The minimum atomic E-state index is -3.21. The zero-order chi connectivity index (χ0) is 14.6. The molecule has 2 aliphatic heterocycles. The van der Waals surface area contributed by atoms with E-state index in [-0.39, 0.29) is 0 Å². The molecule has 1 unspecified atom stereocenters. The quantitative estimate of drug-likeness (QED) is 0.804. The molecule has 2 saturated heterocycles. The third-order valence-corrected chi connectivity index (χ3v) is 6.67. The van der Waals surface area contributed by atoms with E-state index in [4.69, 9.17) is 0 Å². The number of nitrogens with one attached hydrogen (secondary N) is 1. The van der Waals surface area contributed by atoms with Gasteiger partial charge in [0.1, 0.15) is 0 Å². The van der Waals surface area contributed by atoms with Crippen LogP contribution in [-0.4, -0.2) is 56.8 Å². The molecule has 0 saturated carbocycles. The molecule has 5 nitrogen and oxygen atoms in total. The summed E-state index contributed by atoms with van der Waals surface area (Å²) >= 11 is 0. The van der Waals surface area contributed by atoms with Crippen LogP contribution in [0.3, 0.4) is 0 Å². The maximum Gasteiger partial charge on any atom is 0.281 e. The molecule has 2 rings (SSSR count). The zero-order valence-corrected chi connectivity index (χ0v) is 13.7. The van der Waals surface area contributed by atoms with E-state index in [2.05, 4.69) is 12.2 Å². The first-order valence-electron chi connectivity index (χ1n) is 7.97. The van der Waals surface area contributed by atoms with Gasteiger partial charge in [0.05, 0.1) is 0 Å². The van der Waals surface area contributed by atoms with E-state index in [0.717, 1.165) is 45.2 Å². The van der Waals surface area contributed by atoms with Crippen LogP contribution in [0.4, 0.5) is 0 Å². The van der Waals surface area contributed by atoms with Crippen LogP contribution in [0.15, 0.2) is 0 Å². The van der Waals surface area contributed by atoms with Gasteiger partial charge in [0.25, 0.3) is 10.2 Å². The van der Waals surface area contributed by atoms with E-state index in [1.165, 1.54) is 0 Å². The van der Waals surface area contributed by atoms with Crippen molar-refractivity contribution in [3.8, 4) is 0 Å². The molecule has 0 amide bonds. The van der Waals surface area contributed by atoms with Crippen molar-refractivity contribution in [2.45, 2.75) is 39.0 Å². The van der Waals surface area contributed by atoms with E-state index in [0.29, 0.717) is 31.5 Å². The van der Waals surface area contributed by atoms with E-state index in [1.807, 2.05) is 7.05 Å². The van der Waals surface area contributed by atoms with Crippen LogP contribution in [0, 0.1) is 11.8 Å². The predicted octanol–water partition coefficient (Wildman–Crippen LogP) is 1.28. The lowest BCUT2D eigenvalue weighted by atomic mass is 9.98. The third kappa shape index (κ3) is 3.72. The average Bonchev–Trinajstić information content (AvgIpc) is 2.90. The van der Waals surface area contributed by atoms with Crippen molar-refractivity contribution in [3.63, 3.8) is 0 Å². The number of hydrogen-bond acceptors (Lipinski definition) is 3. The maximum atomic E-state index is 12.6. The van der Waals surface area contributed by atoms with Crippen LogP contribution in [0.25, 0.3) is 0 Å². The summed E-state index contributed by atoms with van der Waals surface area (Å²) in [6.45, 7) is 5.98. The van der Waals surface area contributed by atoms with Crippen molar-refractivity contribution in [1.82, 2.24) is 13.9 Å². The minimum absolute atomic E-state index is 0.566. The van der Waals surface area contributed by atoms with Crippen molar-refractivity contribution in [2.24, 2.45) is 11.8 Å². The minimum Gasteiger partial charge on any atom is -0.319 e. The molecule has 2 fully saturated rings. The summed E-state index contributed by atoms with van der Waals surface area (Å²) in [5.41, 5.74) is 0. The standard InChI is InChI=1S/C14H29N3O2S/c1-3-4-14-7-10-17(12-14)20(18,19)16-8-5-13(6-9-16)11-15-2/h13-15H,3-12H2,1-2H3. The molecule has 1 atom stereocenters. The smallest absolute Gasteiger partial charge is 0.281 e. The fourth-order valence-electron chi connectivity index (χ4n) is 3.45. The average molecular weight is 303 g/mol. The monoisotopic (exact) mass is 303 g/mol. The lowest BCUT2D eigenvalue weighted by Crippen LogP contribution is -2.47. The molecule has 0 aliphatic carbocycles. The van der Waals surface area contributed by atoms with Gasteiger partial charge in [-0.05, 0) is 51.1 Å². The van der Waals surface area contributed by atoms with Gasteiger partial charge >= 0.3 is 0 Å². The van der Waals surface area contributed by atoms with Crippen LogP contribution in [0.1, 0.15) is 39.0 Å². The lowest BCUT2D eigenvalue weighted by molar-refractivity contribution is 0.255. The van der Waals surface area contributed by atoms with E-state index >= 15 is 0 Å². The molecule has 0 bridgehead atoms. The molecule has 2 aliphatic rings. The Bertz CT molecular complexity index is 391. The van der Waals surface area contributed by atoms with Crippen molar-refractivity contribution < 1.29 is 8.42 Å². The number of piperidine rings is 1. The maximum absolute atomic E-state index is 12.6. The highest BCUT2D eigenvalue weighted by atomic mass is 32.2. The molecule has 0 radical (unpaired) electrons. The molecule has 0 aromatic heterocycles. The fourth-order valence-corrected chi connectivity index (χ4v) is 5.18. The van der Waals surface area contributed by atoms with Gasteiger partial charge in [0.2, 0.25) is 0 Å². The van der Waals surface area contributed by atoms with Gasteiger partial charge in [-0.1, -0.05) is 13.3 Å². The fraction of sp³-hybridized carbons (Fsp3) is 1.00. The van der Waals surface area contributed by atoms with Crippen LogP contribution in [0.2, 0.25) is 0 Å². The Morgan fingerprint density at radius 3 is 2.25 bits per heavy atom. The summed E-state index contributed by atoms with van der Waals surface area (Å²) in [5, 5.41) is 3.19. The molecule has 0 aromatic rings. The van der Waals surface area contributed by atoms with Crippen LogP contribution < -0.4 is 5.32 Å². The zero-order valence-electron chi connectivity index (χ0n) is 12.8. The first kappa shape index (κ1) is 16.2. The summed E-state index contributed by atoms with van der Waals surface area (Å²) in [5.74, 6) is 1.19. The van der Waals surface area contributed by atoms with Gasteiger partial charge < -0.3 is 5.32 Å². The summed E-state index contributed by atoms with van der Waals surface area (Å²) in [6.07, 6.45) is 5.28. The number of hydrogen-bond donors (Lipinski definition) is 1. The van der Waals surface area contributed by atoms with Gasteiger partial charge in [-0.2, -0.15) is 17.0 Å². The van der Waals surface area contributed by atoms with Crippen molar-refractivity contribution >= 4 is 10.2 Å². The number of nitrogens with zero attached hydrogens (tertiary/aromatic N) is 2. The van der Waals surface area contributed by atoms with E-state index in [9.17, 15) is 8.42 Å². The van der Waals surface area contributed by atoms with Crippen LogP contribution in [0.5, 0.6) is 0 Å². The van der Waals surface area contributed by atoms with Crippen molar-refractivity contribution in [2.75, 3.05) is 39.8 Å². The van der Waals surface area contributed by atoms with Gasteiger partial charge in [-0.25, -0.2) is 0 Å².